The maximum Gasteiger partial charge on any atom is 0.573 e. The smallest absolute Gasteiger partial charge is 0.406 e. The van der Waals surface area contributed by atoms with Crippen LogP contribution in [-0.2, 0) is 14.8 Å². The molecule has 2 aromatic rings. The zero-order chi connectivity index (χ0) is 20.9. The van der Waals surface area contributed by atoms with Crippen LogP contribution >= 0.6 is 0 Å². The Bertz CT molecular complexity index is 993. The summed E-state index contributed by atoms with van der Waals surface area (Å²) in [6, 6.07) is 9.09. The SMILES string of the molecule is NC(=O)CNC(=O)c1cccc(NS(=O)(=O)c2cccc(OC(F)(F)F)c2)c1. The Morgan fingerprint density at radius 1 is 1.07 bits per heavy atom. The van der Waals surface area contributed by atoms with Gasteiger partial charge in [-0.05, 0) is 30.3 Å². The van der Waals surface area contributed by atoms with Crippen molar-refractivity contribution in [3.63, 3.8) is 0 Å². The molecule has 0 heterocycles. The van der Waals surface area contributed by atoms with Crippen LogP contribution in [0.3, 0.4) is 0 Å². The van der Waals surface area contributed by atoms with Crippen LogP contribution in [0.15, 0.2) is 53.4 Å². The summed E-state index contributed by atoms with van der Waals surface area (Å²) in [4.78, 5) is 22.1. The molecule has 0 spiro atoms. The third-order valence-corrected chi connectivity index (χ3v) is 4.53. The fourth-order valence-corrected chi connectivity index (χ4v) is 3.13. The van der Waals surface area contributed by atoms with Gasteiger partial charge in [-0.2, -0.15) is 0 Å². The summed E-state index contributed by atoms with van der Waals surface area (Å²) >= 11 is 0. The minimum atomic E-state index is -4.97. The highest BCUT2D eigenvalue weighted by atomic mass is 32.2. The lowest BCUT2D eigenvalue weighted by Crippen LogP contribution is -2.33. The number of hydrogen-bond acceptors (Lipinski definition) is 5. The molecule has 0 bridgehead atoms. The number of anilines is 1. The highest BCUT2D eigenvalue weighted by molar-refractivity contribution is 7.92. The minimum Gasteiger partial charge on any atom is -0.406 e. The molecule has 0 fully saturated rings. The van der Waals surface area contributed by atoms with Gasteiger partial charge in [-0.25, -0.2) is 8.42 Å². The lowest BCUT2D eigenvalue weighted by Gasteiger charge is -2.12. The monoisotopic (exact) mass is 417 g/mol. The number of nitrogens with one attached hydrogen (secondary N) is 2. The Morgan fingerprint density at radius 3 is 2.39 bits per heavy atom. The number of carbonyl (C=O) groups is 2. The number of benzene rings is 2. The molecule has 0 unspecified atom stereocenters. The van der Waals surface area contributed by atoms with Gasteiger partial charge < -0.3 is 15.8 Å². The second-order valence-electron chi connectivity index (χ2n) is 5.36. The standard InChI is InChI=1S/C16H14F3N3O5S/c17-16(18,19)27-12-5-2-6-13(8-12)28(25,26)22-11-4-1-3-10(7-11)15(24)21-9-14(20)23/h1-8,22H,9H2,(H2,20,23)(H,21,24). The van der Waals surface area contributed by atoms with Gasteiger partial charge in [0, 0.05) is 17.3 Å². The molecular weight excluding hydrogens is 403 g/mol. The molecule has 2 amide bonds. The van der Waals surface area contributed by atoms with Crippen LogP contribution in [0.2, 0.25) is 0 Å². The van der Waals surface area contributed by atoms with Gasteiger partial charge in [-0.3, -0.25) is 14.3 Å². The molecule has 0 aliphatic rings. The molecule has 0 aromatic heterocycles. The molecule has 0 saturated carbocycles. The topological polar surface area (TPSA) is 128 Å². The molecule has 2 rings (SSSR count). The first kappa shape index (κ1) is 21.0. The highest BCUT2D eigenvalue weighted by Crippen LogP contribution is 2.26. The lowest BCUT2D eigenvalue weighted by molar-refractivity contribution is -0.274. The fourth-order valence-electron chi connectivity index (χ4n) is 2.05. The molecule has 0 atom stereocenters. The van der Waals surface area contributed by atoms with E-state index in [0.29, 0.717) is 6.07 Å². The summed E-state index contributed by atoms with van der Waals surface area (Å²) in [5.74, 6) is -2.12. The summed E-state index contributed by atoms with van der Waals surface area (Å²) in [5, 5.41) is 2.24. The molecule has 28 heavy (non-hydrogen) atoms. The van der Waals surface area contributed by atoms with Gasteiger partial charge in [-0.1, -0.05) is 12.1 Å². The largest absolute Gasteiger partial charge is 0.573 e. The van der Waals surface area contributed by atoms with E-state index in [-0.39, 0.29) is 11.3 Å². The van der Waals surface area contributed by atoms with E-state index in [9.17, 15) is 31.2 Å². The number of halogens is 3. The quantitative estimate of drug-likeness (QED) is 0.631. The van der Waals surface area contributed by atoms with Crippen molar-refractivity contribution >= 4 is 27.5 Å². The second kappa shape index (κ2) is 8.17. The highest BCUT2D eigenvalue weighted by Gasteiger charge is 2.31. The van der Waals surface area contributed by atoms with Crippen molar-refractivity contribution in [3.8, 4) is 5.75 Å². The molecule has 0 radical (unpaired) electrons. The van der Waals surface area contributed by atoms with Gasteiger partial charge in [0.25, 0.3) is 15.9 Å². The van der Waals surface area contributed by atoms with Crippen molar-refractivity contribution < 1.29 is 35.9 Å². The zero-order valence-corrected chi connectivity index (χ0v) is 14.8. The summed E-state index contributed by atoms with van der Waals surface area (Å²) in [6.45, 7) is -0.402. The van der Waals surface area contributed by atoms with Crippen LogP contribution in [0.25, 0.3) is 0 Å². The van der Waals surface area contributed by atoms with E-state index in [1.165, 1.54) is 24.3 Å². The van der Waals surface area contributed by atoms with Gasteiger partial charge in [0.05, 0.1) is 11.4 Å². The van der Waals surface area contributed by atoms with Crippen LogP contribution in [0.1, 0.15) is 10.4 Å². The predicted molar refractivity (Wildman–Crippen MR) is 91.9 cm³/mol. The number of rotatable bonds is 7. The van der Waals surface area contributed by atoms with Crippen molar-refractivity contribution in [3.05, 3.63) is 54.1 Å². The maximum atomic E-state index is 12.4. The lowest BCUT2D eigenvalue weighted by atomic mass is 10.2. The number of amides is 2. The molecule has 8 nitrogen and oxygen atoms in total. The van der Waals surface area contributed by atoms with Crippen molar-refractivity contribution in [2.24, 2.45) is 5.73 Å². The minimum absolute atomic E-state index is 0.0196. The molecule has 2 aromatic carbocycles. The average molecular weight is 417 g/mol. The number of nitrogens with two attached hydrogens (primary N) is 1. The van der Waals surface area contributed by atoms with E-state index in [1.807, 2.05) is 0 Å². The Hall–Kier alpha value is -3.28. The first-order valence-electron chi connectivity index (χ1n) is 7.51. The van der Waals surface area contributed by atoms with E-state index < -0.39 is 45.4 Å². The number of alkyl halides is 3. The van der Waals surface area contributed by atoms with Crippen LogP contribution in [-0.4, -0.2) is 33.1 Å². The first-order valence-corrected chi connectivity index (χ1v) is 9.00. The Morgan fingerprint density at radius 2 is 1.75 bits per heavy atom. The third kappa shape index (κ3) is 6.16. The molecular formula is C16H14F3N3O5S. The predicted octanol–water partition coefficient (Wildman–Crippen LogP) is 1.60. The molecule has 0 saturated heterocycles. The van der Waals surface area contributed by atoms with Crippen molar-refractivity contribution in [1.29, 1.82) is 0 Å². The van der Waals surface area contributed by atoms with E-state index in [1.54, 1.807) is 0 Å². The molecule has 0 aliphatic carbocycles. The molecule has 4 N–H and O–H groups in total. The Balaban J connectivity index is 2.21. The summed E-state index contributed by atoms with van der Waals surface area (Å²) in [5.41, 5.74) is 4.94. The maximum absolute atomic E-state index is 12.4. The van der Waals surface area contributed by atoms with Crippen LogP contribution in [0.5, 0.6) is 5.75 Å². The fraction of sp³-hybridized carbons (Fsp3) is 0.125. The first-order chi connectivity index (χ1) is 13.0. The summed E-state index contributed by atoms with van der Waals surface area (Å²) in [6.07, 6.45) is -4.97. The number of ether oxygens (including phenoxy) is 1. The molecule has 0 aliphatic heterocycles. The normalized spacial score (nSPS) is 11.5. The number of primary amides is 1. The van der Waals surface area contributed by atoms with E-state index >= 15 is 0 Å². The van der Waals surface area contributed by atoms with Crippen molar-refractivity contribution in [2.75, 3.05) is 11.3 Å². The number of sulfonamides is 1. The third-order valence-electron chi connectivity index (χ3n) is 3.15. The van der Waals surface area contributed by atoms with Gasteiger partial charge in [0.2, 0.25) is 5.91 Å². The van der Waals surface area contributed by atoms with Crippen LogP contribution in [0, 0.1) is 0 Å². The van der Waals surface area contributed by atoms with Gasteiger partial charge >= 0.3 is 6.36 Å². The van der Waals surface area contributed by atoms with Crippen molar-refractivity contribution in [2.45, 2.75) is 11.3 Å². The summed E-state index contributed by atoms with van der Waals surface area (Å²) < 4.78 is 67.5. The van der Waals surface area contributed by atoms with E-state index in [0.717, 1.165) is 18.2 Å². The number of carbonyl (C=O) groups excluding carboxylic acids is 2. The zero-order valence-electron chi connectivity index (χ0n) is 14.0. The Kier molecular flexibility index (Phi) is 6.13. The van der Waals surface area contributed by atoms with E-state index in [2.05, 4.69) is 14.8 Å². The van der Waals surface area contributed by atoms with Crippen LogP contribution in [0.4, 0.5) is 18.9 Å². The van der Waals surface area contributed by atoms with Gasteiger partial charge in [-0.15, -0.1) is 13.2 Å². The van der Waals surface area contributed by atoms with Crippen LogP contribution < -0.4 is 20.5 Å². The Labute approximate surface area is 157 Å². The van der Waals surface area contributed by atoms with Gasteiger partial charge in [0.1, 0.15) is 5.75 Å². The summed E-state index contributed by atoms with van der Waals surface area (Å²) in [7, 11) is -4.26. The van der Waals surface area contributed by atoms with E-state index in [4.69, 9.17) is 5.73 Å². The second-order valence-corrected chi connectivity index (χ2v) is 7.04. The number of hydrogen-bond donors (Lipinski definition) is 3. The van der Waals surface area contributed by atoms with Gasteiger partial charge in [0.15, 0.2) is 0 Å². The molecule has 12 heteroatoms. The van der Waals surface area contributed by atoms with Crippen molar-refractivity contribution in [1.82, 2.24) is 5.32 Å². The molecule has 150 valence electrons. The average Bonchev–Trinajstić information content (AvgIpc) is 2.58.